The Morgan fingerprint density at radius 2 is 1.96 bits per heavy atom. The molecule has 0 spiro atoms. The highest BCUT2D eigenvalue weighted by Gasteiger charge is 2.40. The molecule has 0 unspecified atom stereocenters. The van der Waals surface area contributed by atoms with Gasteiger partial charge in [-0.05, 0) is 56.9 Å². The maximum absolute atomic E-state index is 6.27. The number of benzene rings is 2. The number of ether oxygens (including phenoxy) is 2. The minimum atomic E-state index is 0.195. The maximum atomic E-state index is 6.27. The summed E-state index contributed by atoms with van der Waals surface area (Å²) in [4.78, 5) is 0. The summed E-state index contributed by atoms with van der Waals surface area (Å²) >= 11 is 0. The van der Waals surface area contributed by atoms with E-state index >= 15 is 0 Å². The number of nitrogens with one attached hydrogen (secondary N) is 1. The Morgan fingerprint density at radius 3 is 2.72 bits per heavy atom. The third kappa shape index (κ3) is 3.02. The highest BCUT2D eigenvalue weighted by atomic mass is 16.5. The van der Waals surface area contributed by atoms with Gasteiger partial charge in [-0.1, -0.05) is 29.8 Å². The summed E-state index contributed by atoms with van der Waals surface area (Å²) in [6.07, 6.45) is 2.53. The van der Waals surface area contributed by atoms with Crippen LogP contribution >= 0.6 is 0 Å². The van der Waals surface area contributed by atoms with Crippen LogP contribution in [0.4, 0.5) is 5.69 Å². The van der Waals surface area contributed by atoms with Crippen LogP contribution in [-0.2, 0) is 4.74 Å². The average Bonchev–Trinajstić information content (AvgIpc) is 2.62. The summed E-state index contributed by atoms with van der Waals surface area (Å²) in [5.74, 6) is 1.41. The fourth-order valence-electron chi connectivity index (χ4n) is 4.42. The fraction of sp³-hybridized carbons (Fsp3) is 0.455. The Bertz CT molecular complexity index is 753. The van der Waals surface area contributed by atoms with E-state index in [0.29, 0.717) is 12.5 Å². The average molecular weight is 337 g/mol. The van der Waals surface area contributed by atoms with Crippen molar-refractivity contribution in [1.82, 2.24) is 0 Å². The second-order valence-electron chi connectivity index (χ2n) is 7.27. The van der Waals surface area contributed by atoms with Gasteiger partial charge in [-0.2, -0.15) is 0 Å². The normalized spacial score (nSPS) is 24.8. The molecule has 0 aliphatic carbocycles. The van der Waals surface area contributed by atoms with Gasteiger partial charge in [-0.3, -0.25) is 0 Å². The van der Waals surface area contributed by atoms with E-state index in [1.165, 1.54) is 34.4 Å². The van der Waals surface area contributed by atoms with Gasteiger partial charge in [0, 0.05) is 23.8 Å². The van der Waals surface area contributed by atoms with E-state index in [9.17, 15) is 0 Å². The number of hydrogen-bond acceptors (Lipinski definition) is 3. The molecule has 2 aliphatic rings. The first-order valence-electron chi connectivity index (χ1n) is 9.39. The summed E-state index contributed by atoms with van der Waals surface area (Å²) in [5, 5.41) is 3.84. The molecule has 2 aromatic carbocycles. The van der Waals surface area contributed by atoms with Crippen molar-refractivity contribution in [3.8, 4) is 5.75 Å². The standard InChI is InChI=1S/C22H27NO2/c1-4-24-17-9-7-16(8-10-17)21-18-6-5-11-25-22(18)19-13-14(2)12-15(3)20(19)23-21/h7-10,12-13,18,21-23H,4-6,11H2,1-3H3/t18-,21-,22-/m0/s1. The van der Waals surface area contributed by atoms with Crippen molar-refractivity contribution < 1.29 is 9.47 Å². The van der Waals surface area contributed by atoms with Crippen LogP contribution in [0.25, 0.3) is 0 Å². The van der Waals surface area contributed by atoms with Crippen molar-refractivity contribution in [2.75, 3.05) is 18.5 Å². The summed E-state index contributed by atoms with van der Waals surface area (Å²) < 4.78 is 11.9. The lowest BCUT2D eigenvalue weighted by molar-refractivity contribution is -0.0382. The monoisotopic (exact) mass is 337 g/mol. The second-order valence-corrected chi connectivity index (χ2v) is 7.27. The van der Waals surface area contributed by atoms with Gasteiger partial charge in [0.05, 0.1) is 18.8 Å². The first kappa shape index (κ1) is 16.5. The summed E-state index contributed by atoms with van der Waals surface area (Å²) in [7, 11) is 0. The van der Waals surface area contributed by atoms with Gasteiger partial charge in [-0.15, -0.1) is 0 Å². The molecule has 1 saturated heterocycles. The van der Waals surface area contributed by atoms with Gasteiger partial charge in [0.2, 0.25) is 0 Å². The topological polar surface area (TPSA) is 30.5 Å². The smallest absolute Gasteiger partial charge is 0.119 e. The van der Waals surface area contributed by atoms with Crippen molar-refractivity contribution in [2.24, 2.45) is 5.92 Å². The number of rotatable bonds is 3. The fourth-order valence-corrected chi connectivity index (χ4v) is 4.42. The first-order chi connectivity index (χ1) is 12.2. The first-order valence-corrected chi connectivity index (χ1v) is 9.39. The van der Waals surface area contributed by atoms with Gasteiger partial charge in [0.1, 0.15) is 5.75 Å². The third-order valence-electron chi connectivity index (χ3n) is 5.46. The van der Waals surface area contributed by atoms with Crippen LogP contribution in [0.15, 0.2) is 36.4 Å². The molecule has 0 amide bonds. The predicted molar refractivity (Wildman–Crippen MR) is 101 cm³/mol. The Morgan fingerprint density at radius 1 is 1.16 bits per heavy atom. The number of aryl methyl sites for hydroxylation is 2. The van der Waals surface area contributed by atoms with Crippen molar-refractivity contribution in [1.29, 1.82) is 0 Å². The summed E-state index contributed by atoms with van der Waals surface area (Å²) in [6.45, 7) is 7.94. The maximum Gasteiger partial charge on any atom is 0.119 e. The number of hydrogen-bond donors (Lipinski definition) is 1. The van der Waals surface area contributed by atoms with Crippen LogP contribution < -0.4 is 10.1 Å². The summed E-state index contributed by atoms with van der Waals surface area (Å²) in [5.41, 5.74) is 6.52. The zero-order chi connectivity index (χ0) is 17.4. The SMILES string of the molecule is CCOc1ccc([C@@H]2Nc3c(C)cc(C)cc3[C@H]3OCCC[C@H]32)cc1. The Labute approximate surface area is 150 Å². The lowest BCUT2D eigenvalue weighted by Gasteiger charge is -2.44. The third-order valence-corrected chi connectivity index (χ3v) is 5.46. The van der Waals surface area contributed by atoms with Crippen LogP contribution in [-0.4, -0.2) is 13.2 Å². The van der Waals surface area contributed by atoms with Crippen LogP contribution in [0.3, 0.4) is 0 Å². The molecule has 0 bridgehead atoms. The van der Waals surface area contributed by atoms with E-state index in [1.54, 1.807) is 0 Å². The van der Waals surface area contributed by atoms with E-state index in [0.717, 1.165) is 18.8 Å². The molecule has 1 fully saturated rings. The number of anilines is 1. The lowest BCUT2D eigenvalue weighted by atomic mass is 9.76. The predicted octanol–water partition coefficient (Wildman–Crippen LogP) is 5.34. The van der Waals surface area contributed by atoms with Crippen LogP contribution in [0, 0.1) is 19.8 Å². The second kappa shape index (κ2) is 6.72. The quantitative estimate of drug-likeness (QED) is 0.820. The van der Waals surface area contributed by atoms with Gasteiger partial charge >= 0.3 is 0 Å². The van der Waals surface area contributed by atoms with E-state index in [4.69, 9.17) is 9.47 Å². The molecule has 2 aliphatic heterocycles. The van der Waals surface area contributed by atoms with Gasteiger partial charge in [0.25, 0.3) is 0 Å². The van der Waals surface area contributed by atoms with E-state index in [2.05, 4.69) is 55.6 Å². The van der Waals surface area contributed by atoms with Crippen molar-refractivity contribution in [2.45, 2.75) is 45.8 Å². The molecule has 0 radical (unpaired) electrons. The molecule has 3 nitrogen and oxygen atoms in total. The molecule has 0 aromatic heterocycles. The zero-order valence-corrected chi connectivity index (χ0v) is 15.3. The van der Waals surface area contributed by atoms with Crippen molar-refractivity contribution in [3.63, 3.8) is 0 Å². The molecule has 132 valence electrons. The van der Waals surface area contributed by atoms with E-state index in [1.807, 2.05) is 6.92 Å². The molecule has 2 aromatic rings. The highest BCUT2D eigenvalue weighted by molar-refractivity contribution is 5.63. The molecule has 4 rings (SSSR count). The molecule has 0 saturated carbocycles. The summed E-state index contributed by atoms with van der Waals surface area (Å²) in [6, 6.07) is 13.4. The molecule has 3 heteroatoms. The molecule has 2 heterocycles. The lowest BCUT2D eigenvalue weighted by Crippen LogP contribution is -2.36. The Kier molecular flexibility index (Phi) is 4.43. The minimum absolute atomic E-state index is 0.195. The van der Waals surface area contributed by atoms with Crippen LogP contribution in [0.2, 0.25) is 0 Å². The van der Waals surface area contributed by atoms with E-state index < -0.39 is 0 Å². The number of fused-ring (bicyclic) bond motifs is 3. The molecular weight excluding hydrogens is 310 g/mol. The largest absolute Gasteiger partial charge is 0.494 e. The molecular formula is C22H27NO2. The van der Waals surface area contributed by atoms with Gasteiger partial charge < -0.3 is 14.8 Å². The highest BCUT2D eigenvalue weighted by Crippen LogP contribution is 2.50. The molecule has 3 atom stereocenters. The Hall–Kier alpha value is -2.00. The Balaban J connectivity index is 1.73. The molecule has 1 N–H and O–H groups in total. The molecule has 25 heavy (non-hydrogen) atoms. The van der Waals surface area contributed by atoms with Gasteiger partial charge in [-0.25, -0.2) is 0 Å². The van der Waals surface area contributed by atoms with Crippen molar-refractivity contribution >= 4 is 5.69 Å². The van der Waals surface area contributed by atoms with Crippen LogP contribution in [0.5, 0.6) is 5.75 Å². The van der Waals surface area contributed by atoms with E-state index in [-0.39, 0.29) is 12.1 Å². The minimum Gasteiger partial charge on any atom is -0.494 e. The van der Waals surface area contributed by atoms with Crippen LogP contribution in [0.1, 0.15) is 54.2 Å². The zero-order valence-electron chi connectivity index (χ0n) is 15.3. The van der Waals surface area contributed by atoms with Gasteiger partial charge in [0.15, 0.2) is 0 Å². The van der Waals surface area contributed by atoms with Crippen molar-refractivity contribution in [3.05, 3.63) is 58.7 Å².